The molecule has 2 aromatic heterocycles. The van der Waals surface area contributed by atoms with Gasteiger partial charge in [-0.25, -0.2) is 4.39 Å². The number of fused-ring (bicyclic) bond motifs is 6. The number of hydrogen-bond acceptors (Lipinski definition) is 3. The van der Waals surface area contributed by atoms with Crippen LogP contribution in [-0.2, 0) is 25.9 Å². The van der Waals surface area contributed by atoms with Crippen LogP contribution in [0.5, 0.6) is 5.75 Å². The summed E-state index contributed by atoms with van der Waals surface area (Å²) in [6.45, 7) is 13.1. The second-order valence-corrected chi connectivity index (χ2v) is 12.5. The van der Waals surface area contributed by atoms with Gasteiger partial charge in [-0.1, -0.05) is 36.4 Å². The van der Waals surface area contributed by atoms with Gasteiger partial charge in [0.15, 0.2) is 0 Å². The van der Waals surface area contributed by atoms with Crippen LogP contribution in [0.2, 0.25) is 0 Å². The van der Waals surface area contributed by atoms with Gasteiger partial charge in [0.25, 0.3) is 0 Å². The molecule has 46 heavy (non-hydrogen) atoms. The predicted molar refractivity (Wildman–Crippen MR) is 188 cm³/mol. The molecule has 0 saturated carbocycles. The third-order valence-electron chi connectivity index (χ3n) is 9.44. The molecule has 236 valence electrons. The maximum atomic E-state index is 13.3. The molecular weight excluding hydrogens is 571 g/mol. The smallest absolute Gasteiger partial charge is 0.123 e. The summed E-state index contributed by atoms with van der Waals surface area (Å²) in [6, 6.07) is 29.4. The molecule has 4 aromatic carbocycles. The minimum atomic E-state index is -0.176. The van der Waals surface area contributed by atoms with E-state index in [1.165, 1.54) is 56.0 Å². The lowest BCUT2D eigenvalue weighted by molar-refractivity contribution is 0.340. The van der Waals surface area contributed by atoms with Crippen molar-refractivity contribution in [2.45, 2.75) is 46.7 Å². The highest BCUT2D eigenvalue weighted by Crippen LogP contribution is 2.32. The maximum absolute atomic E-state index is 13.3. The average Bonchev–Trinajstić information content (AvgIpc) is 3.33. The highest BCUT2D eigenvalue weighted by Gasteiger charge is 2.15. The predicted octanol–water partition coefficient (Wildman–Crippen LogP) is 8.06. The molecule has 0 aliphatic carbocycles. The van der Waals surface area contributed by atoms with Gasteiger partial charge in [-0.05, 0) is 113 Å². The fourth-order valence-corrected chi connectivity index (χ4v) is 7.13. The first-order chi connectivity index (χ1) is 22.5. The molecule has 0 atom stereocenters. The average molecular weight is 615 g/mol. The van der Waals surface area contributed by atoms with Gasteiger partial charge in [-0.15, -0.1) is 0 Å². The molecular formula is C40H43FN4O. The number of rotatable bonds is 4. The van der Waals surface area contributed by atoms with Crippen molar-refractivity contribution < 1.29 is 9.13 Å². The third kappa shape index (κ3) is 6.07. The van der Waals surface area contributed by atoms with Crippen LogP contribution in [-0.4, -0.2) is 41.9 Å². The summed E-state index contributed by atoms with van der Waals surface area (Å²) in [4.78, 5) is 0. The lowest BCUT2D eigenvalue weighted by atomic mass is 9.99. The third-order valence-corrected chi connectivity index (χ3v) is 9.44. The number of aryl methyl sites for hydroxylation is 2. The van der Waals surface area contributed by atoms with Crippen molar-refractivity contribution >= 4 is 21.8 Å². The molecule has 0 saturated heterocycles. The lowest BCUT2D eigenvalue weighted by Gasteiger charge is -2.11. The lowest BCUT2D eigenvalue weighted by Crippen LogP contribution is -2.17. The van der Waals surface area contributed by atoms with E-state index in [0.29, 0.717) is 6.61 Å². The SMILES string of the molecule is CCOc1ccc(-c2ccc3cc4n(c3c2)CCNCC4)c(C)c1.Cc1cc(F)ccc1-c1ccc2cc3n(c2c1)CCNCC3. The van der Waals surface area contributed by atoms with Crippen molar-refractivity contribution in [2.24, 2.45) is 0 Å². The molecule has 2 N–H and O–H groups in total. The first kappa shape index (κ1) is 30.3. The van der Waals surface area contributed by atoms with Crippen LogP contribution >= 0.6 is 0 Å². The molecule has 0 fully saturated rings. The van der Waals surface area contributed by atoms with Gasteiger partial charge in [-0.2, -0.15) is 0 Å². The molecule has 4 heterocycles. The molecule has 0 bridgehead atoms. The van der Waals surface area contributed by atoms with Crippen LogP contribution in [0.1, 0.15) is 29.4 Å². The summed E-state index contributed by atoms with van der Waals surface area (Å²) in [5.74, 6) is 0.771. The number of aromatic nitrogens is 2. The molecule has 5 nitrogen and oxygen atoms in total. The van der Waals surface area contributed by atoms with Gasteiger partial charge in [0.2, 0.25) is 0 Å². The maximum Gasteiger partial charge on any atom is 0.123 e. The van der Waals surface area contributed by atoms with E-state index in [4.69, 9.17) is 4.74 Å². The van der Waals surface area contributed by atoms with Crippen molar-refractivity contribution in [3.8, 4) is 28.0 Å². The Kier molecular flexibility index (Phi) is 8.65. The largest absolute Gasteiger partial charge is 0.494 e. The highest BCUT2D eigenvalue weighted by atomic mass is 19.1. The summed E-state index contributed by atoms with van der Waals surface area (Å²) in [5, 5.41) is 9.57. The Bertz CT molecular complexity index is 2020. The zero-order chi connectivity index (χ0) is 31.6. The molecule has 6 aromatic rings. The van der Waals surface area contributed by atoms with Crippen molar-refractivity contribution in [3.05, 3.63) is 113 Å². The van der Waals surface area contributed by atoms with E-state index in [1.807, 2.05) is 19.9 Å². The Morgan fingerprint density at radius 1 is 0.630 bits per heavy atom. The van der Waals surface area contributed by atoms with E-state index in [2.05, 4.69) is 93.4 Å². The van der Waals surface area contributed by atoms with Crippen molar-refractivity contribution in [3.63, 3.8) is 0 Å². The fourth-order valence-electron chi connectivity index (χ4n) is 7.13. The quantitative estimate of drug-likeness (QED) is 0.211. The topological polar surface area (TPSA) is 43.1 Å². The Morgan fingerprint density at radius 3 is 1.70 bits per heavy atom. The zero-order valence-corrected chi connectivity index (χ0v) is 27.1. The molecule has 2 aliphatic rings. The summed E-state index contributed by atoms with van der Waals surface area (Å²) < 4.78 is 23.8. The van der Waals surface area contributed by atoms with Gasteiger partial charge >= 0.3 is 0 Å². The Morgan fingerprint density at radius 2 is 1.17 bits per heavy atom. The second-order valence-electron chi connectivity index (χ2n) is 12.5. The van der Waals surface area contributed by atoms with E-state index >= 15 is 0 Å². The van der Waals surface area contributed by atoms with Crippen molar-refractivity contribution in [2.75, 3.05) is 32.8 Å². The van der Waals surface area contributed by atoms with Gasteiger partial charge in [-0.3, -0.25) is 0 Å². The monoisotopic (exact) mass is 614 g/mol. The second kappa shape index (κ2) is 13.1. The van der Waals surface area contributed by atoms with E-state index < -0.39 is 0 Å². The minimum Gasteiger partial charge on any atom is -0.494 e. The van der Waals surface area contributed by atoms with Gasteiger partial charge < -0.3 is 24.5 Å². The molecule has 6 heteroatoms. The van der Waals surface area contributed by atoms with Crippen LogP contribution in [0.3, 0.4) is 0 Å². The molecule has 0 spiro atoms. The minimum absolute atomic E-state index is 0.176. The van der Waals surface area contributed by atoms with Crippen molar-refractivity contribution in [1.82, 2.24) is 19.8 Å². The number of nitrogens with one attached hydrogen (secondary N) is 2. The Hall–Kier alpha value is -4.39. The van der Waals surface area contributed by atoms with Gasteiger partial charge in [0.05, 0.1) is 6.61 Å². The van der Waals surface area contributed by atoms with E-state index in [9.17, 15) is 4.39 Å². The number of nitrogens with zero attached hydrogens (tertiary/aromatic N) is 2. The Labute approximate surface area is 271 Å². The molecule has 0 amide bonds. The van der Waals surface area contributed by atoms with Crippen LogP contribution in [0, 0.1) is 19.7 Å². The molecule has 0 radical (unpaired) electrons. The van der Waals surface area contributed by atoms with Crippen LogP contribution in [0.15, 0.2) is 84.9 Å². The van der Waals surface area contributed by atoms with Crippen LogP contribution in [0.4, 0.5) is 4.39 Å². The summed E-state index contributed by atoms with van der Waals surface area (Å²) >= 11 is 0. The summed E-state index contributed by atoms with van der Waals surface area (Å²) in [7, 11) is 0. The standard InChI is InChI=1S/C21H24N2O.C19H19FN2/c1-3-24-19-6-7-20(15(2)12-19)16-4-5-17-13-18-8-9-22-10-11-23(18)21(17)14-16;1-13-10-16(20)4-5-18(13)14-2-3-15-11-17-6-7-21-8-9-22(17)19(15)12-14/h4-7,12-14,22H,3,8-11H2,1-2H3;2-5,10-12,21H,6-9H2,1H3. The van der Waals surface area contributed by atoms with Crippen molar-refractivity contribution in [1.29, 1.82) is 0 Å². The number of ether oxygens (including phenoxy) is 1. The highest BCUT2D eigenvalue weighted by molar-refractivity contribution is 5.88. The van der Waals surface area contributed by atoms with Crippen LogP contribution < -0.4 is 15.4 Å². The number of hydrogen-bond donors (Lipinski definition) is 2. The van der Waals surface area contributed by atoms with Gasteiger partial charge in [0, 0.05) is 74.5 Å². The number of halogens is 1. The normalized spacial score (nSPS) is 14.6. The zero-order valence-electron chi connectivity index (χ0n) is 27.1. The van der Waals surface area contributed by atoms with E-state index in [1.54, 1.807) is 6.07 Å². The van der Waals surface area contributed by atoms with Gasteiger partial charge in [0.1, 0.15) is 11.6 Å². The fraction of sp³-hybridized carbons (Fsp3) is 0.300. The first-order valence-corrected chi connectivity index (χ1v) is 16.6. The summed E-state index contributed by atoms with van der Waals surface area (Å²) in [6.07, 6.45) is 2.17. The van der Waals surface area contributed by atoms with E-state index in [0.717, 1.165) is 74.6 Å². The first-order valence-electron chi connectivity index (χ1n) is 16.6. The molecule has 8 rings (SSSR count). The van der Waals surface area contributed by atoms with Crippen LogP contribution in [0.25, 0.3) is 44.1 Å². The van der Waals surface area contributed by atoms with E-state index in [-0.39, 0.29) is 5.82 Å². The summed E-state index contributed by atoms with van der Waals surface area (Å²) in [5.41, 5.74) is 12.5. The Balaban J connectivity index is 0.000000147. The molecule has 0 unspecified atom stereocenters. The molecule has 2 aliphatic heterocycles. The number of benzene rings is 4.